The minimum absolute atomic E-state index is 0.0426. The van der Waals surface area contributed by atoms with E-state index < -0.39 is 0 Å². The predicted octanol–water partition coefficient (Wildman–Crippen LogP) is 3.87. The fourth-order valence-electron chi connectivity index (χ4n) is 2.70. The van der Waals surface area contributed by atoms with Gasteiger partial charge in [-0.3, -0.25) is 4.79 Å². The van der Waals surface area contributed by atoms with E-state index in [1.165, 1.54) is 0 Å². The lowest BCUT2D eigenvalue weighted by molar-refractivity contribution is 0.611. The highest BCUT2D eigenvalue weighted by atomic mass is 16.3. The molecule has 4 aromatic rings. The van der Waals surface area contributed by atoms with E-state index in [4.69, 9.17) is 4.42 Å². The minimum Gasteiger partial charge on any atom is -0.464 e. The Labute approximate surface area is 120 Å². The largest absolute Gasteiger partial charge is 0.464 e. The fraction of sp³-hybridized carbons (Fsp3) is 0.0556. The van der Waals surface area contributed by atoms with Crippen molar-refractivity contribution in [1.29, 1.82) is 0 Å². The average molecular weight is 275 g/mol. The summed E-state index contributed by atoms with van der Waals surface area (Å²) in [5.41, 5.74) is 3.46. The lowest BCUT2D eigenvalue weighted by Crippen LogP contribution is -2.12. The van der Waals surface area contributed by atoms with E-state index in [0.29, 0.717) is 6.42 Å². The summed E-state index contributed by atoms with van der Waals surface area (Å²) in [5, 5.41) is 2.10. The minimum atomic E-state index is -0.0426. The summed E-state index contributed by atoms with van der Waals surface area (Å²) in [5.74, 6) is 0. The zero-order chi connectivity index (χ0) is 14.2. The van der Waals surface area contributed by atoms with Crippen molar-refractivity contribution >= 4 is 21.9 Å². The fourth-order valence-corrected chi connectivity index (χ4v) is 2.70. The van der Waals surface area contributed by atoms with Crippen LogP contribution in [-0.2, 0) is 6.42 Å². The third-order valence-corrected chi connectivity index (χ3v) is 3.77. The maximum atomic E-state index is 12.2. The van der Waals surface area contributed by atoms with Gasteiger partial charge in [-0.25, -0.2) is 0 Å². The van der Waals surface area contributed by atoms with Crippen LogP contribution >= 0.6 is 0 Å². The van der Waals surface area contributed by atoms with Gasteiger partial charge in [0.15, 0.2) is 0 Å². The Morgan fingerprint density at radius 3 is 2.71 bits per heavy atom. The van der Waals surface area contributed by atoms with Crippen molar-refractivity contribution < 1.29 is 4.42 Å². The van der Waals surface area contributed by atoms with Gasteiger partial charge in [0.25, 0.3) is 5.56 Å². The molecule has 0 saturated carbocycles. The molecular weight excluding hydrogens is 262 g/mol. The quantitative estimate of drug-likeness (QED) is 0.603. The normalized spacial score (nSPS) is 11.2. The van der Waals surface area contributed by atoms with Gasteiger partial charge < -0.3 is 9.40 Å². The highest BCUT2D eigenvalue weighted by Crippen LogP contribution is 2.23. The molecule has 0 unspecified atom stereocenters. The number of nitrogens with one attached hydrogen (secondary N) is 1. The van der Waals surface area contributed by atoms with Crippen LogP contribution < -0.4 is 5.56 Å². The summed E-state index contributed by atoms with van der Waals surface area (Å²) >= 11 is 0. The number of aromatic nitrogens is 1. The molecular formula is C18H13NO2. The number of hydrogen-bond acceptors (Lipinski definition) is 2. The molecule has 0 atom stereocenters. The monoisotopic (exact) mass is 275 g/mol. The Balaban J connectivity index is 1.84. The second kappa shape index (κ2) is 4.63. The van der Waals surface area contributed by atoms with E-state index >= 15 is 0 Å². The summed E-state index contributed by atoms with van der Waals surface area (Å²) in [6.45, 7) is 0. The Hall–Kier alpha value is -2.81. The van der Waals surface area contributed by atoms with Gasteiger partial charge in [-0.05, 0) is 23.6 Å². The molecule has 0 saturated heterocycles. The van der Waals surface area contributed by atoms with Gasteiger partial charge in [-0.1, -0.05) is 36.4 Å². The molecule has 0 aliphatic heterocycles. The van der Waals surface area contributed by atoms with E-state index in [2.05, 4.69) is 4.98 Å². The van der Waals surface area contributed by atoms with Gasteiger partial charge in [0, 0.05) is 28.5 Å². The van der Waals surface area contributed by atoms with Crippen molar-refractivity contribution in [2.45, 2.75) is 6.42 Å². The highest BCUT2D eigenvalue weighted by Gasteiger charge is 2.09. The number of furan rings is 1. The maximum absolute atomic E-state index is 12.2. The molecule has 2 aromatic carbocycles. The highest BCUT2D eigenvalue weighted by molar-refractivity contribution is 5.82. The van der Waals surface area contributed by atoms with E-state index in [9.17, 15) is 4.79 Å². The molecule has 2 heterocycles. The molecule has 0 bridgehead atoms. The smallest absolute Gasteiger partial charge is 0.251 e. The van der Waals surface area contributed by atoms with Crippen molar-refractivity contribution in [2.75, 3.05) is 0 Å². The molecule has 0 aliphatic rings. The zero-order valence-corrected chi connectivity index (χ0v) is 11.3. The molecule has 1 N–H and O–H groups in total. The van der Waals surface area contributed by atoms with Gasteiger partial charge in [0.2, 0.25) is 0 Å². The molecule has 0 amide bonds. The van der Waals surface area contributed by atoms with E-state index in [0.717, 1.165) is 33.0 Å². The lowest BCUT2D eigenvalue weighted by Gasteiger charge is -2.02. The van der Waals surface area contributed by atoms with Gasteiger partial charge >= 0.3 is 0 Å². The SMILES string of the molecule is O=c1[nH]c2ccccc2cc1Cc1coc2ccccc12. The number of fused-ring (bicyclic) bond motifs is 2. The van der Waals surface area contributed by atoms with Crippen molar-refractivity contribution in [2.24, 2.45) is 0 Å². The van der Waals surface area contributed by atoms with Crippen LogP contribution in [0.25, 0.3) is 21.9 Å². The molecule has 3 nitrogen and oxygen atoms in total. The van der Waals surface area contributed by atoms with Crippen LogP contribution in [-0.4, -0.2) is 4.98 Å². The number of rotatable bonds is 2. The summed E-state index contributed by atoms with van der Waals surface area (Å²) in [7, 11) is 0. The van der Waals surface area contributed by atoms with Crippen molar-refractivity contribution in [3.05, 3.63) is 82.3 Å². The van der Waals surface area contributed by atoms with Gasteiger partial charge in [-0.2, -0.15) is 0 Å². The van der Waals surface area contributed by atoms with Gasteiger partial charge in [0.1, 0.15) is 5.58 Å². The third kappa shape index (κ3) is 2.03. The van der Waals surface area contributed by atoms with Crippen LogP contribution in [0, 0.1) is 0 Å². The summed E-state index contributed by atoms with van der Waals surface area (Å²) in [4.78, 5) is 15.1. The summed E-state index contributed by atoms with van der Waals surface area (Å²) < 4.78 is 5.54. The maximum Gasteiger partial charge on any atom is 0.251 e. The number of para-hydroxylation sites is 2. The predicted molar refractivity (Wildman–Crippen MR) is 83.6 cm³/mol. The molecule has 0 spiro atoms. The van der Waals surface area contributed by atoms with Crippen LogP contribution in [0.3, 0.4) is 0 Å². The number of hydrogen-bond donors (Lipinski definition) is 1. The van der Waals surface area contributed by atoms with E-state index in [1.54, 1.807) is 6.26 Å². The summed E-state index contributed by atoms with van der Waals surface area (Å²) in [6, 6.07) is 17.6. The summed E-state index contributed by atoms with van der Waals surface area (Å²) in [6.07, 6.45) is 2.30. The number of aromatic amines is 1. The topological polar surface area (TPSA) is 46.0 Å². The Morgan fingerprint density at radius 2 is 1.76 bits per heavy atom. The molecule has 0 radical (unpaired) electrons. The first kappa shape index (κ1) is 12.0. The first-order chi connectivity index (χ1) is 10.3. The molecule has 0 aliphatic carbocycles. The third-order valence-electron chi connectivity index (χ3n) is 3.77. The Kier molecular flexibility index (Phi) is 2.64. The first-order valence-corrected chi connectivity index (χ1v) is 6.87. The molecule has 2 aromatic heterocycles. The lowest BCUT2D eigenvalue weighted by atomic mass is 10.0. The van der Waals surface area contributed by atoms with Crippen LogP contribution in [0.15, 0.2) is 70.1 Å². The molecule has 4 rings (SSSR count). The van der Waals surface area contributed by atoms with Crippen LogP contribution in [0.5, 0.6) is 0 Å². The number of pyridine rings is 1. The second-order valence-electron chi connectivity index (χ2n) is 5.14. The zero-order valence-electron chi connectivity index (χ0n) is 11.3. The Bertz CT molecular complexity index is 995. The van der Waals surface area contributed by atoms with Gasteiger partial charge in [-0.15, -0.1) is 0 Å². The molecule has 21 heavy (non-hydrogen) atoms. The molecule has 102 valence electrons. The van der Waals surface area contributed by atoms with E-state index in [1.807, 2.05) is 54.6 Å². The second-order valence-corrected chi connectivity index (χ2v) is 5.14. The van der Waals surface area contributed by atoms with Crippen LogP contribution in [0.4, 0.5) is 0 Å². The standard InChI is InChI=1S/C18H13NO2/c20-18-13(9-12-5-1-3-7-16(12)19-18)10-14-11-21-17-8-4-2-6-15(14)17/h1-9,11H,10H2,(H,19,20). The molecule has 3 heteroatoms. The van der Waals surface area contributed by atoms with Gasteiger partial charge in [0.05, 0.1) is 6.26 Å². The van der Waals surface area contributed by atoms with Crippen molar-refractivity contribution in [3.8, 4) is 0 Å². The van der Waals surface area contributed by atoms with E-state index in [-0.39, 0.29) is 5.56 Å². The molecule has 0 fully saturated rings. The van der Waals surface area contributed by atoms with Crippen molar-refractivity contribution in [3.63, 3.8) is 0 Å². The number of benzene rings is 2. The van der Waals surface area contributed by atoms with Crippen LogP contribution in [0.2, 0.25) is 0 Å². The number of H-pyrrole nitrogens is 1. The Morgan fingerprint density at radius 1 is 0.952 bits per heavy atom. The van der Waals surface area contributed by atoms with Crippen molar-refractivity contribution in [1.82, 2.24) is 4.98 Å². The average Bonchev–Trinajstić information content (AvgIpc) is 2.91. The van der Waals surface area contributed by atoms with Crippen LogP contribution in [0.1, 0.15) is 11.1 Å². The first-order valence-electron chi connectivity index (χ1n) is 6.87.